The summed E-state index contributed by atoms with van der Waals surface area (Å²) in [4.78, 5) is 11.8. The van der Waals surface area contributed by atoms with E-state index in [2.05, 4.69) is 10.6 Å². The molecule has 2 N–H and O–H groups in total. The van der Waals surface area contributed by atoms with E-state index in [9.17, 15) is 18.0 Å². The molecule has 1 aromatic carbocycles. The molecule has 0 aliphatic heterocycles. The zero-order valence-electron chi connectivity index (χ0n) is 12.8. The molecule has 0 saturated carbocycles. The van der Waals surface area contributed by atoms with Crippen molar-refractivity contribution in [2.24, 2.45) is 0 Å². The Balaban J connectivity index is 0.00000441. The fourth-order valence-corrected chi connectivity index (χ4v) is 2.01. The number of nitrogens with one attached hydrogen (secondary N) is 2. The molecule has 0 aliphatic carbocycles. The van der Waals surface area contributed by atoms with Crippen molar-refractivity contribution in [2.75, 3.05) is 13.6 Å². The fraction of sp³-hybridized carbons (Fsp3) is 0.533. The number of benzene rings is 1. The van der Waals surface area contributed by atoms with Crippen molar-refractivity contribution >= 4 is 18.3 Å². The highest BCUT2D eigenvalue weighted by Crippen LogP contribution is 2.35. The van der Waals surface area contributed by atoms with Crippen LogP contribution >= 0.6 is 12.4 Å². The quantitative estimate of drug-likeness (QED) is 0.835. The van der Waals surface area contributed by atoms with Crippen LogP contribution in [0.5, 0.6) is 0 Å². The highest BCUT2D eigenvalue weighted by Gasteiger charge is 2.34. The molecule has 0 aromatic heterocycles. The van der Waals surface area contributed by atoms with Gasteiger partial charge in [0.05, 0.1) is 5.56 Å². The van der Waals surface area contributed by atoms with Gasteiger partial charge in [0, 0.05) is 19.0 Å². The number of rotatable bonds is 6. The Morgan fingerprint density at radius 3 is 2.36 bits per heavy atom. The SMILES string of the molecule is CNC(C)CNC(=O)CC(C)c1ccccc1C(F)(F)F.Cl. The van der Waals surface area contributed by atoms with E-state index in [1.807, 2.05) is 6.92 Å². The lowest BCUT2D eigenvalue weighted by Gasteiger charge is -2.18. The second kappa shape index (κ2) is 9.00. The predicted octanol–water partition coefficient (Wildman–Crippen LogP) is 3.34. The number of hydrogen-bond donors (Lipinski definition) is 2. The third-order valence-electron chi connectivity index (χ3n) is 3.39. The molecule has 0 fully saturated rings. The van der Waals surface area contributed by atoms with Gasteiger partial charge in [-0.25, -0.2) is 0 Å². The molecule has 2 atom stereocenters. The van der Waals surface area contributed by atoms with Crippen molar-refractivity contribution in [3.05, 3.63) is 35.4 Å². The third-order valence-corrected chi connectivity index (χ3v) is 3.39. The normalized spacial score (nSPS) is 13.9. The van der Waals surface area contributed by atoms with E-state index in [0.717, 1.165) is 6.07 Å². The van der Waals surface area contributed by atoms with Gasteiger partial charge in [-0.2, -0.15) is 13.2 Å². The van der Waals surface area contributed by atoms with Gasteiger partial charge in [-0.05, 0) is 31.5 Å². The first-order chi connectivity index (χ1) is 9.75. The minimum atomic E-state index is -4.40. The smallest absolute Gasteiger partial charge is 0.355 e. The van der Waals surface area contributed by atoms with Crippen LogP contribution in [0.25, 0.3) is 0 Å². The summed E-state index contributed by atoms with van der Waals surface area (Å²) in [5.74, 6) is -0.741. The maximum atomic E-state index is 12.9. The molecule has 0 bridgehead atoms. The molecule has 7 heteroatoms. The zero-order valence-corrected chi connectivity index (χ0v) is 13.6. The predicted molar refractivity (Wildman–Crippen MR) is 83.3 cm³/mol. The maximum absolute atomic E-state index is 12.9. The summed E-state index contributed by atoms with van der Waals surface area (Å²) < 4.78 is 38.8. The number of amides is 1. The van der Waals surface area contributed by atoms with E-state index in [4.69, 9.17) is 0 Å². The Hall–Kier alpha value is -1.27. The highest BCUT2D eigenvalue weighted by molar-refractivity contribution is 5.85. The molecule has 126 valence electrons. The molecule has 0 aliphatic rings. The standard InChI is InChI=1S/C15H21F3N2O.ClH/c1-10(8-14(21)20-9-11(2)19-3)12-6-4-5-7-13(12)15(16,17)18;/h4-7,10-11,19H,8-9H2,1-3H3,(H,20,21);1H. The average Bonchev–Trinajstić information content (AvgIpc) is 2.43. The van der Waals surface area contributed by atoms with E-state index in [0.29, 0.717) is 6.54 Å². The first-order valence-electron chi connectivity index (χ1n) is 6.85. The van der Waals surface area contributed by atoms with Gasteiger partial charge in [0.15, 0.2) is 0 Å². The van der Waals surface area contributed by atoms with Crippen LogP contribution in [-0.2, 0) is 11.0 Å². The van der Waals surface area contributed by atoms with Gasteiger partial charge in [-0.1, -0.05) is 25.1 Å². The van der Waals surface area contributed by atoms with E-state index in [1.54, 1.807) is 20.0 Å². The molecule has 1 amide bonds. The largest absolute Gasteiger partial charge is 0.416 e. The van der Waals surface area contributed by atoms with Gasteiger partial charge in [-0.3, -0.25) is 4.79 Å². The van der Waals surface area contributed by atoms with Gasteiger partial charge in [-0.15, -0.1) is 12.4 Å². The van der Waals surface area contributed by atoms with Crippen molar-refractivity contribution in [1.29, 1.82) is 0 Å². The molecule has 0 radical (unpaired) electrons. The van der Waals surface area contributed by atoms with Crippen LogP contribution in [0.4, 0.5) is 13.2 Å². The molecule has 3 nitrogen and oxygen atoms in total. The Bertz CT molecular complexity index is 480. The van der Waals surface area contributed by atoms with Gasteiger partial charge in [0.2, 0.25) is 5.91 Å². The van der Waals surface area contributed by atoms with E-state index in [1.165, 1.54) is 12.1 Å². The summed E-state index contributed by atoms with van der Waals surface area (Å²) in [5, 5.41) is 5.68. The Kier molecular flexibility index (Phi) is 8.48. The van der Waals surface area contributed by atoms with Crippen molar-refractivity contribution in [3.8, 4) is 0 Å². The summed E-state index contributed by atoms with van der Waals surface area (Å²) in [6.45, 7) is 3.98. The van der Waals surface area contributed by atoms with Crippen LogP contribution in [0.3, 0.4) is 0 Å². The third kappa shape index (κ3) is 6.23. The summed E-state index contributed by atoms with van der Waals surface area (Å²) in [5.41, 5.74) is -0.518. The lowest BCUT2D eigenvalue weighted by Crippen LogP contribution is -2.37. The van der Waals surface area contributed by atoms with Crippen molar-refractivity contribution in [2.45, 2.75) is 38.4 Å². The number of hydrogen-bond acceptors (Lipinski definition) is 2. The number of likely N-dealkylation sites (N-methyl/N-ethyl adjacent to an activating group) is 1. The Labute approximate surface area is 135 Å². The molecule has 0 spiro atoms. The second-order valence-corrected chi connectivity index (χ2v) is 5.18. The molecule has 1 aromatic rings. The molecular weight excluding hydrogens is 317 g/mol. The Morgan fingerprint density at radius 1 is 1.23 bits per heavy atom. The lowest BCUT2D eigenvalue weighted by molar-refractivity contribution is -0.138. The van der Waals surface area contributed by atoms with Crippen LogP contribution < -0.4 is 10.6 Å². The van der Waals surface area contributed by atoms with E-state index in [-0.39, 0.29) is 36.3 Å². The Morgan fingerprint density at radius 2 is 1.82 bits per heavy atom. The maximum Gasteiger partial charge on any atom is 0.416 e. The van der Waals surface area contributed by atoms with Gasteiger partial charge in [0.25, 0.3) is 0 Å². The van der Waals surface area contributed by atoms with Crippen LogP contribution in [0, 0.1) is 0 Å². The summed E-state index contributed by atoms with van der Waals surface area (Å²) in [6, 6.07) is 5.51. The van der Waals surface area contributed by atoms with Gasteiger partial charge in [0.1, 0.15) is 0 Å². The van der Waals surface area contributed by atoms with E-state index < -0.39 is 17.7 Å². The van der Waals surface area contributed by atoms with E-state index >= 15 is 0 Å². The minimum Gasteiger partial charge on any atom is -0.355 e. The molecular formula is C15H22ClF3N2O. The van der Waals surface area contributed by atoms with Crippen LogP contribution in [0.15, 0.2) is 24.3 Å². The number of alkyl halides is 3. The van der Waals surface area contributed by atoms with Crippen molar-refractivity contribution < 1.29 is 18.0 Å². The van der Waals surface area contributed by atoms with Crippen molar-refractivity contribution in [1.82, 2.24) is 10.6 Å². The zero-order chi connectivity index (χ0) is 16.0. The molecule has 22 heavy (non-hydrogen) atoms. The topological polar surface area (TPSA) is 41.1 Å². The van der Waals surface area contributed by atoms with Crippen LogP contribution in [0.2, 0.25) is 0 Å². The van der Waals surface area contributed by atoms with Crippen molar-refractivity contribution in [3.63, 3.8) is 0 Å². The minimum absolute atomic E-state index is 0. The number of carbonyl (C=O) groups is 1. The highest BCUT2D eigenvalue weighted by atomic mass is 35.5. The van der Waals surface area contributed by atoms with Crippen LogP contribution in [-0.4, -0.2) is 25.5 Å². The molecule has 1 rings (SSSR count). The summed E-state index contributed by atoms with van der Waals surface area (Å²) in [7, 11) is 1.78. The molecule has 0 heterocycles. The molecule has 2 unspecified atom stereocenters. The number of halogens is 4. The second-order valence-electron chi connectivity index (χ2n) is 5.18. The first kappa shape index (κ1) is 20.7. The average molecular weight is 339 g/mol. The first-order valence-corrected chi connectivity index (χ1v) is 6.85. The van der Waals surface area contributed by atoms with Crippen LogP contribution in [0.1, 0.15) is 37.3 Å². The lowest BCUT2D eigenvalue weighted by atomic mass is 9.92. The monoisotopic (exact) mass is 338 g/mol. The summed E-state index contributed by atoms with van der Waals surface area (Å²) in [6.07, 6.45) is -4.37. The molecule has 0 saturated heterocycles. The fourth-order valence-electron chi connectivity index (χ4n) is 2.01. The summed E-state index contributed by atoms with van der Waals surface area (Å²) >= 11 is 0. The number of carbonyl (C=O) groups excluding carboxylic acids is 1. The van der Waals surface area contributed by atoms with Gasteiger partial charge < -0.3 is 10.6 Å². The van der Waals surface area contributed by atoms with Gasteiger partial charge >= 0.3 is 6.18 Å².